The predicted molar refractivity (Wildman–Crippen MR) is 58.7 cm³/mol. The van der Waals surface area contributed by atoms with Crippen LogP contribution < -0.4 is 0 Å². The molecule has 7 nitrogen and oxygen atoms in total. The number of hydrogen-bond donors (Lipinski definition) is 2. The molecule has 0 aliphatic rings. The van der Waals surface area contributed by atoms with Gasteiger partial charge in [-0.25, -0.2) is 9.48 Å². The van der Waals surface area contributed by atoms with Crippen LogP contribution in [0.1, 0.15) is 43.1 Å². The van der Waals surface area contributed by atoms with Gasteiger partial charge in [-0.3, -0.25) is 0 Å². The van der Waals surface area contributed by atoms with E-state index in [2.05, 4.69) is 10.3 Å². The lowest BCUT2D eigenvalue weighted by Gasteiger charge is -2.19. The molecule has 1 heterocycles. The third kappa shape index (κ3) is 3.24. The summed E-state index contributed by atoms with van der Waals surface area (Å²) in [6, 6.07) is 0. The highest BCUT2D eigenvalue weighted by molar-refractivity contribution is 5.86. The maximum atomic E-state index is 11.0. The SMILES string of the molecule is COC(C)c1c(C(=O)O)nnn1CC(C)(C)O. The number of aromatic carboxylic acids is 1. The van der Waals surface area contributed by atoms with E-state index in [0.29, 0.717) is 5.69 Å². The Bertz CT molecular complexity index is 408. The zero-order valence-electron chi connectivity index (χ0n) is 10.3. The van der Waals surface area contributed by atoms with Crippen LogP contribution in [-0.4, -0.2) is 43.9 Å². The van der Waals surface area contributed by atoms with E-state index in [1.807, 2.05) is 0 Å². The van der Waals surface area contributed by atoms with Crippen LogP contribution in [0.5, 0.6) is 0 Å². The van der Waals surface area contributed by atoms with Gasteiger partial charge < -0.3 is 14.9 Å². The molecule has 17 heavy (non-hydrogen) atoms. The zero-order chi connectivity index (χ0) is 13.2. The summed E-state index contributed by atoms with van der Waals surface area (Å²) in [5.41, 5.74) is -0.809. The minimum Gasteiger partial charge on any atom is -0.476 e. The topological polar surface area (TPSA) is 97.5 Å². The largest absolute Gasteiger partial charge is 0.476 e. The Morgan fingerprint density at radius 2 is 2.18 bits per heavy atom. The van der Waals surface area contributed by atoms with Gasteiger partial charge in [0, 0.05) is 7.11 Å². The van der Waals surface area contributed by atoms with E-state index in [-0.39, 0.29) is 12.2 Å². The molecule has 0 fully saturated rings. The monoisotopic (exact) mass is 243 g/mol. The van der Waals surface area contributed by atoms with Gasteiger partial charge >= 0.3 is 5.97 Å². The molecule has 0 aromatic carbocycles. The first kappa shape index (κ1) is 13.6. The van der Waals surface area contributed by atoms with Crippen LogP contribution in [0, 0.1) is 0 Å². The van der Waals surface area contributed by atoms with Gasteiger partial charge in [-0.1, -0.05) is 5.21 Å². The van der Waals surface area contributed by atoms with E-state index in [1.54, 1.807) is 20.8 Å². The third-order valence-electron chi connectivity index (χ3n) is 2.25. The number of rotatable bonds is 5. The summed E-state index contributed by atoms with van der Waals surface area (Å²) >= 11 is 0. The molecule has 0 aliphatic heterocycles. The quantitative estimate of drug-likeness (QED) is 0.779. The summed E-state index contributed by atoms with van der Waals surface area (Å²) in [7, 11) is 1.47. The number of carbonyl (C=O) groups is 1. The van der Waals surface area contributed by atoms with Gasteiger partial charge in [0.2, 0.25) is 0 Å². The molecule has 1 aromatic heterocycles. The fourth-order valence-corrected chi connectivity index (χ4v) is 1.47. The van der Waals surface area contributed by atoms with Crippen molar-refractivity contribution in [2.24, 2.45) is 0 Å². The van der Waals surface area contributed by atoms with Gasteiger partial charge in [-0.15, -0.1) is 5.10 Å². The Labute approximate surface area is 99.0 Å². The van der Waals surface area contributed by atoms with Gasteiger partial charge in [0.05, 0.1) is 18.2 Å². The molecule has 2 N–H and O–H groups in total. The van der Waals surface area contributed by atoms with E-state index >= 15 is 0 Å². The Balaban J connectivity index is 3.18. The lowest BCUT2D eigenvalue weighted by molar-refractivity contribution is 0.0492. The highest BCUT2D eigenvalue weighted by Gasteiger charge is 2.26. The minimum atomic E-state index is -1.16. The molecular weight excluding hydrogens is 226 g/mol. The van der Waals surface area contributed by atoms with E-state index in [0.717, 1.165) is 0 Å². The molecule has 96 valence electrons. The standard InChI is InChI=1S/C10H17N3O4/c1-6(17-4)8-7(9(14)15)11-12-13(8)5-10(2,3)16/h6,16H,5H2,1-4H3,(H,14,15). The molecule has 0 saturated carbocycles. The molecule has 1 aromatic rings. The van der Waals surface area contributed by atoms with Crippen LogP contribution in [0.3, 0.4) is 0 Å². The first-order valence-corrected chi connectivity index (χ1v) is 5.18. The molecule has 0 amide bonds. The van der Waals surface area contributed by atoms with E-state index in [4.69, 9.17) is 9.84 Å². The summed E-state index contributed by atoms with van der Waals surface area (Å²) in [4.78, 5) is 11.0. The molecule has 1 rings (SSSR count). The molecule has 7 heteroatoms. The summed E-state index contributed by atoms with van der Waals surface area (Å²) in [6.45, 7) is 5.06. The number of nitrogens with zero attached hydrogens (tertiary/aromatic N) is 3. The second kappa shape index (κ2) is 4.80. The Morgan fingerprint density at radius 1 is 1.59 bits per heavy atom. The summed E-state index contributed by atoms with van der Waals surface area (Å²) in [5, 5.41) is 26.0. The maximum Gasteiger partial charge on any atom is 0.358 e. The molecule has 0 saturated heterocycles. The minimum absolute atomic E-state index is 0.149. The molecular formula is C10H17N3O4. The van der Waals surface area contributed by atoms with Crippen molar-refractivity contribution in [3.63, 3.8) is 0 Å². The van der Waals surface area contributed by atoms with Gasteiger partial charge in [0.25, 0.3) is 0 Å². The second-order valence-electron chi connectivity index (χ2n) is 4.48. The molecule has 0 spiro atoms. The third-order valence-corrected chi connectivity index (χ3v) is 2.25. The van der Waals surface area contributed by atoms with Crippen molar-refractivity contribution in [1.29, 1.82) is 0 Å². The Kier molecular flexibility index (Phi) is 3.84. The van der Waals surface area contributed by atoms with Crippen LogP contribution in [0.4, 0.5) is 0 Å². The van der Waals surface area contributed by atoms with Crippen LogP contribution in [-0.2, 0) is 11.3 Å². The fraction of sp³-hybridized carbons (Fsp3) is 0.700. The van der Waals surface area contributed by atoms with Crippen LogP contribution in [0.15, 0.2) is 0 Å². The second-order valence-corrected chi connectivity index (χ2v) is 4.48. The first-order chi connectivity index (χ1) is 7.76. The average Bonchev–Trinajstić information content (AvgIpc) is 2.57. The molecule has 0 aliphatic carbocycles. The number of hydrogen-bond acceptors (Lipinski definition) is 5. The van der Waals surface area contributed by atoms with Crippen LogP contribution in [0.25, 0.3) is 0 Å². The van der Waals surface area contributed by atoms with E-state index in [9.17, 15) is 9.90 Å². The van der Waals surface area contributed by atoms with Crippen molar-refractivity contribution in [2.75, 3.05) is 7.11 Å². The number of ether oxygens (including phenoxy) is 1. The van der Waals surface area contributed by atoms with Gasteiger partial charge in [-0.2, -0.15) is 0 Å². The van der Waals surface area contributed by atoms with Crippen molar-refractivity contribution in [1.82, 2.24) is 15.0 Å². The van der Waals surface area contributed by atoms with Crippen LogP contribution >= 0.6 is 0 Å². The molecule has 0 bridgehead atoms. The number of carboxylic acid groups (broad SMARTS) is 1. The molecule has 0 radical (unpaired) electrons. The fourth-order valence-electron chi connectivity index (χ4n) is 1.47. The smallest absolute Gasteiger partial charge is 0.358 e. The Hall–Kier alpha value is -1.47. The number of aromatic nitrogens is 3. The zero-order valence-corrected chi connectivity index (χ0v) is 10.3. The normalized spacial score (nSPS) is 13.7. The van der Waals surface area contributed by atoms with Crippen LogP contribution in [0.2, 0.25) is 0 Å². The van der Waals surface area contributed by atoms with Gasteiger partial charge in [0.15, 0.2) is 5.69 Å². The maximum absolute atomic E-state index is 11.0. The number of aliphatic hydroxyl groups is 1. The van der Waals surface area contributed by atoms with E-state index in [1.165, 1.54) is 11.8 Å². The Morgan fingerprint density at radius 3 is 2.59 bits per heavy atom. The summed E-state index contributed by atoms with van der Waals surface area (Å²) in [6.07, 6.45) is -0.460. The lowest BCUT2D eigenvalue weighted by Crippen LogP contribution is -2.28. The number of methoxy groups -OCH3 is 1. The first-order valence-electron chi connectivity index (χ1n) is 5.18. The molecule has 1 atom stereocenters. The lowest BCUT2D eigenvalue weighted by atomic mass is 10.1. The highest BCUT2D eigenvalue weighted by atomic mass is 16.5. The van der Waals surface area contributed by atoms with Crippen molar-refractivity contribution in [3.05, 3.63) is 11.4 Å². The van der Waals surface area contributed by atoms with Crippen molar-refractivity contribution >= 4 is 5.97 Å². The molecule has 1 unspecified atom stereocenters. The van der Waals surface area contributed by atoms with Gasteiger partial charge in [-0.05, 0) is 20.8 Å². The summed E-state index contributed by atoms with van der Waals surface area (Å²) in [5.74, 6) is -1.16. The summed E-state index contributed by atoms with van der Waals surface area (Å²) < 4.78 is 6.45. The van der Waals surface area contributed by atoms with Crippen molar-refractivity contribution in [2.45, 2.75) is 39.0 Å². The van der Waals surface area contributed by atoms with E-state index < -0.39 is 17.7 Å². The predicted octanol–water partition coefficient (Wildman–Crippen LogP) is 0.455. The highest BCUT2D eigenvalue weighted by Crippen LogP contribution is 2.20. The van der Waals surface area contributed by atoms with Crippen molar-refractivity contribution in [3.8, 4) is 0 Å². The number of carboxylic acids is 1. The van der Waals surface area contributed by atoms with Crippen molar-refractivity contribution < 1.29 is 19.7 Å². The average molecular weight is 243 g/mol. The van der Waals surface area contributed by atoms with Gasteiger partial charge in [0.1, 0.15) is 5.69 Å².